The van der Waals surface area contributed by atoms with Crippen molar-refractivity contribution in [3.8, 4) is 10.7 Å². The molecular weight excluding hydrogens is 360 g/mol. The Bertz CT molecular complexity index is 857. The minimum Gasteiger partial charge on any atom is -0.341 e. The number of amides is 1. The second kappa shape index (κ2) is 8.45. The Morgan fingerprint density at radius 1 is 1.15 bits per heavy atom. The summed E-state index contributed by atoms with van der Waals surface area (Å²) in [6.45, 7) is 2.00. The lowest BCUT2D eigenvalue weighted by atomic mass is 10.0. The number of aromatic nitrogens is 2. The fourth-order valence-corrected chi connectivity index (χ4v) is 3.96. The summed E-state index contributed by atoms with van der Waals surface area (Å²) >= 11 is 1.57. The number of thiophene rings is 1. The predicted molar refractivity (Wildman–Crippen MR) is 104 cm³/mol. The Labute approximate surface area is 162 Å². The van der Waals surface area contributed by atoms with Crippen LogP contribution in [-0.2, 0) is 11.3 Å². The summed E-state index contributed by atoms with van der Waals surface area (Å²) < 4.78 is 5.36. The number of nitrogens with zero attached hydrogens (tertiary/aromatic N) is 3. The van der Waals surface area contributed by atoms with Gasteiger partial charge in [-0.05, 0) is 36.3 Å². The van der Waals surface area contributed by atoms with E-state index in [4.69, 9.17) is 4.52 Å². The minimum atomic E-state index is -0.415. The van der Waals surface area contributed by atoms with Crippen LogP contribution >= 0.6 is 11.3 Å². The third-order valence-corrected chi connectivity index (χ3v) is 5.58. The van der Waals surface area contributed by atoms with Crippen molar-refractivity contribution in [2.24, 2.45) is 0 Å². The first-order valence-electron chi connectivity index (χ1n) is 9.25. The van der Waals surface area contributed by atoms with Gasteiger partial charge >= 0.3 is 0 Å². The molecule has 0 bridgehead atoms. The van der Waals surface area contributed by atoms with Crippen molar-refractivity contribution in [1.29, 1.82) is 0 Å². The maximum Gasteiger partial charge on any atom is 0.244 e. The van der Waals surface area contributed by atoms with Crippen LogP contribution in [0.5, 0.6) is 0 Å². The molecule has 1 N–H and O–H groups in total. The number of carbonyl (C=O) groups excluding carboxylic acids is 1. The van der Waals surface area contributed by atoms with Gasteiger partial charge in [-0.1, -0.05) is 41.6 Å². The largest absolute Gasteiger partial charge is 0.341 e. The zero-order valence-corrected chi connectivity index (χ0v) is 15.8. The SMILES string of the molecule is O=C([C@H](NCc1nc(-c2cccs2)no1)c1ccccc1)N1CCCCC1. The number of likely N-dealkylation sites (tertiary alicyclic amines) is 1. The highest BCUT2D eigenvalue weighted by Gasteiger charge is 2.27. The molecular formula is C20H22N4O2S. The molecule has 1 amide bonds. The molecule has 6 nitrogen and oxygen atoms in total. The molecule has 3 heterocycles. The number of nitrogens with one attached hydrogen (secondary N) is 1. The summed E-state index contributed by atoms with van der Waals surface area (Å²) in [5, 5.41) is 9.34. The van der Waals surface area contributed by atoms with Crippen molar-refractivity contribution in [2.45, 2.75) is 31.8 Å². The Hall–Kier alpha value is -2.51. The molecule has 7 heteroatoms. The molecule has 1 saturated heterocycles. The third kappa shape index (κ3) is 4.26. The molecule has 1 aliphatic rings. The molecule has 1 aliphatic heterocycles. The van der Waals surface area contributed by atoms with Crippen molar-refractivity contribution in [1.82, 2.24) is 20.4 Å². The standard InChI is InChI=1S/C20H22N4O2S/c25-20(24-11-5-2-6-12-24)18(15-8-3-1-4-9-15)21-14-17-22-19(23-26-17)16-10-7-13-27-16/h1,3-4,7-10,13,18,21H,2,5-6,11-12,14H2/t18-/m1/s1. The van der Waals surface area contributed by atoms with Crippen molar-refractivity contribution >= 4 is 17.2 Å². The summed E-state index contributed by atoms with van der Waals surface area (Å²) in [6.07, 6.45) is 3.34. The third-order valence-electron chi connectivity index (χ3n) is 4.71. The van der Waals surface area contributed by atoms with Crippen LogP contribution in [0.3, 0.4) is 0 Å². The molecule has 0 aliphatic carbocycles. The van der Waals surface area contributed by atoms with Gasteiger partial charge in [0.15, 0.2) is 0 Å². The maximum atomic E-state index is 13.1. The average Bonchev–Trinajstić information content (AvgIpc) is 3.41. The van der Waals surface area contributed by atoms with E-state index in [0.29, 0.717) is 18.3 Å². The molecule has 2 aromatic heterocycles. The highest BCUT2D eigenvalue weighted by molar-refractivity contribution is 7.13. The lowest BCUT2D eigenvalue weighted by Gasteiger charge is -2.30. The monoisotopic (exact) mass is 382 g/mol. The minimum absolute atomic E-state index is 0.110. The number of hydrogen-bond donors (Lipinski definition) is 1. The van der Waals surface area contributed by atoms with E-state index in [1.165, 1.54) is 6.42 Å². The molecule has 1 atom stereocenters. The molecule has 0 saturated carbocycles. The van der Waals surface area contributed by atoms with Gasteiger partial charge in [0.2, 0.25) is 17.6 Å². The first-order valence-corrected chi connectivity index (χ1v) is 10.1. The Morgan fingerprint density at radius 2 is 1.96 bits per heavy atom. The van der Waals surface area contributed by atoms with Crippen molar-refractivity contribution in [2.75, 3.05) is 13.1 Å². The Kier molecular flexibility index (Phi) is 5.60. The van der Waals surface area contributed by atoms with Gasteiger partial charge in [-0.25, -0.2) is 0 Å². The molecule has 1 aromatic carbocycles. The summed E-state index contributed by atoms with van der Waals surface area (Å²) in [6, 6.07) is 13.3. The Morgan fingerprint density at radius 3 is 2.70 bits per heavy atom. The number of rotatable bonds is 6. The van der Waals surface area contributed by atoms with Gasteiger partial charge in [0, 0.05) is 13.1 Å². The van der Waals surface area contributed by atoms with E-state index in [-0.39, 0.29) is 5.91 Å². The van der Waals surface area contributed by atoms with Crippen LogP contribution in [0, 0.1) is 0 Å². The average molecular weight is 382 g/mol. The zero-order valence-electron chi connectivity index (χ0n) is 15.0. The Balaban J connectivity index is 1.48. The predicted octanol–water partition coefficient (Wildman–Crippen LogP) is 3.64. The van der Waals surface area contributed by atoms with Gasteiger partial charge < -0.3 is 9.42 Å². The number of hydrogen-bond acceptors (Lipinski definition) is 6. The van der Waals surface area contributed by atoms with Crippen LogP contribution in [0.15, 0.2) is 52.4 Å². The first-order chi connectivity index (χ1) is 13.3. The summed E-state index contributed by atoms with van der Waals surface area (Å²) in [5.41, 5.74) is 0.950. The van der Waals surface area contributed by atoms with E-state index < -0.39 is 6.04 Å². The number of carbonyl (C=O) groups is 1. The van der Waals surface area contributed by atoms with E-state index in [2.05, 4.69) is 15.5 Å². The fraction of sp³-hybridized carbons (Fsp3) is 0.350. The van der Waals surface area contributed by atoms with Gasteiger partial charge in [0.05, 0.1) is 11.4 Å². The number of piperidine rings is 1. The normalized spacial score (nSPS) is 15.6. The molecule has 1 fully saturated rings. The highest BCUT2D eigenvalue weighted by atomic mass is 32.1. The van der Waals surface area contributed by atoms with E-state index in [1.54, 1.807) is 11.3 Å². The molecule has 0 radical (unpaired) electrons. The highest BCUT2D eigenvalue weighted by Crippen LogP contribution is 2.22. The van der Waals surface area contributed by atoms with Crippen LogP contribution in [0.2, 0.25) is 0 Å². The smallest absolute Gasteiger partial charge is 0.244 e. The van der Waals surface area contributed by atoms with Crippen molar-refractivity contribution < 1.29 is 9.32 Å². The van der Waals surface area contributed by atoms with E-state index in [0.717, 1.165) is 36.4 Å². The molecule has 140 valence electrons. The van der Waals surface area contributed by atoms with Gasteiger partial charge in [-0.2, -0.15) is 4.98 Å². The summed E-state index contributed by atoms with van der Waals surface area (Å²) in [5.74, 6) is 1.17. The van der Waals surface area contributed by atoms with Crippen molar-refractivity contribution in [3.05, 3.63) is 59.3 Å². The second-order valence-electron chi connectivity index (χ2n) is 6.60. The quantitative estimate of drug-likeness (QED) is 0.705. The topological polar surface area (TPSA) is 71.3 Å². The summed E-state index contributed by atoms with van der Waals surface area (Å²) in [7, 11) is 0. The fourth-order valence-electron chi connectivity index (χ4n) is 3.31. The van der Waals surface area contributed by atoms with Gasteiger partial charge in [-0.15, -0.1) is 11.3 Å². The lowest BCUT2D eigenvalue weighted by molar-refractivity contribution is -0.134. The molecule has 3 aromatic rings. The molecule has 0 spiro atoms. The summed E-state index contributed by atoms with van der Waals surface area (Å²) in [4.78, 5) is 20.5. The van der Waals surface area contributed by atoms with Gasteiger partial charge in [-0.3, -0.25) is 10.1 Å². The molecule has 27 heavy (non-hydrogen) atoms. The van der Waals surface area contributed by atoms with Gasteiger partial charge in [0.1, 0.15) is 6.04 Å². The van der Waals surface area contributed by atoms with Crippen LogP contribution in [0.25, 0.3) is 10.7 Å². The van der Waals surface area contributed by atoms with Gasteiger partial charge in [0.25, 0.3) is 0 Å². The van der Waals surface area contributed by atoms with E-state index in [9.17, 15) is 4.79 Å². The number of benzene rings is 1. The van der Waals surface area contributed by atoms with E-state index >= 15 is 0 Å². The maximum absolute atomic E-state index is 13.1. The van der Waals surface area contributed by atoms with Crippen molar-refractivity contribution in [3.63, 3.8) is 0 Å². The van der Waals surface area contributed by atoms with Crippen LogP contribution < -0.4 is 5.32 Å². The van der Waals surface area contributed by atoms with Crippen LogP contribution in [-0.4, -0.2) is 34.0 Å². The zero-order chi connectivity index (χ0) is 18.5. The first kappa shape index (κ1) is 17.9. The molecule has 0 unspecified atom stereocenters. The van der Waals surface area contributed by atoms with Crippen LogP contribution in [0.4, 0.5) is 0 Å². The van der Waals surface area contributed by atoms with E-state index in [1.807, 2.05) is 52.7 Å². The van der Waals surface area contributed by atoms with Crippen LogP contribution in [0.1, 0.15) is 36.8 Å². The second-order valence-corrected chi connectivity index (χ2v) is 7.55. The lowest BCUT2D eigenvalue weighted by Crippen LogP contribution is -2.43. The molecule has 4 rings (SSSR count).